The topological polar surface area (TPSA) is 69.0 Å². The van der Waals surface area contributed by atoms with E-state index in [0.717, 1.165) is 43.6 Å². The first kappa shape index (κ1) is 18.2. The van der Waals surface area contributed by atoms with Crippen molar-refractivity contribution in [1.29, 1.82) is 0 Å². The molecule has 144 valence electrons. The fraction of sp³-hybridized carbons (Fsp3) is 0.286. The molecule has 2 heterocycles. The van der Waals surface area contributed by atoms with Crippen LogP contribution >= 0.6 is 0 Å². The van der Waals surface area contributed by atoms with Crippen LogP contribution in [0.1, 0.15) is 35.4 Å². The van der Waals surface area contributed by atoms with Crippen molar-refractivity contribution in [2.45, 2.75) is 32.2 Å². The average Bonchev–Trinajstić information content (AvgIpc) is 2.97. The molecule has 0 atom stereocenters. The van der Waals surface area contributed by atoms with Gasteiger partial charge < -0.3 is 14.6 Å². The Morgan fingerprint density at radius 1 is 1.14 bits per heavy atom. The third-order valence-corrected chi connectivity index (χ3v) is 4.93. The number of methoxy groups -OCH3 is 1. The molecule has 0 saturated carbocycles. The smallest absolute Gasteiger partial charge is 0.259 e. The molecule has 1 aliphatic rings. The molecule has 0 fully saturated rings. The minimum atomic E-state index is -0.511. The number of anilines is 1. The van der Waals surface area contributed by atoms with Gasteiger partial charge in [0, 0.05) is 18.5 Å². The molecule has 0 bridgehead atoms. The summed E-state index contributed by atoms with van der Waals surface area (Å²) in [4.78, 5) is 12.6. The van der Waals surface area contributed by atoms with Crippen LogP contribution in [0.4, 0.5) is 10.1 Å². The number of hydrogen-bond donors (Lipinski definition) is 1. The van der Waals surface area contributed by atoms with E-state index in [1.165, 1.54) is 13.2 Å². The standard InChI is InChI=1S/C21H21FN4O2/c1-28-18-8-5-4-7-15(18)21(27)23-17-13-14(10-11-16(17)22)20-25-24-19-9-3-2-6-12-26(19)20/h4-5,7-8,10-11,13H,2-3,6,9,12H2,1H3,(H,23,27). The number of halogens is 1. The van der Waals surface area contributed by atoms with Gasteiger partial charge in [0.15, 0.2) is 5.82 Å². The predicted molar refractivity (Wildman–Crippen MR) is 104 cm³/mol. The molecule has 6 nitrogen and oxygen atoms in total. The second-order valence-corrected chi connectivity index (χ2v) is 6.75. The van der Waals surface area contributed by atoms with Crippen molar-refractivity contribution in [3.63, 3.8) is 0 Å². The van der Waals surface area contributed by atoms with Gasteiger partial charge in [0.25, 0.3) is 5.91 Å². The first-order valence-corrected chi connectivity index (χ1v) is 9.34. The number of rotatable bonds is 4. The lowest BCUT2D eigenvalue weighted by molar-refractivity contribution is 0.102. The van der Waals surface area contributed by atoms with Gasteiger partial charge in [-0.3, -0.25) is 4.79 Å². The van der Waals surface area contributed by atoms with Gasteiger partial charge in [-0.1, -0.05) is 18.6 Å². The first-order valence-electron chi connectivity index (χ1n) is 9.34. The van der Waals surface area contributed by atoms with E-state index in [1.807, 2.05) is 0 Å². The fourth-order valence-electron chi connectivity index (χ4n) is 3.48. The van der Waals surface area contributed by atoms with Crippen LogP contribution in [0, 0.1) is 5.82 Å². The largest absolute Gasteiger partial charge is 0.496 e. The van der Waals surface area contributed by atoms with Crippen LogP contribution < -0.4 is 10.1 Å². The highest BCUT2D eigenvalue weighted by Gasteiger charge is 2.18. The fourth-order valence-corrected chi connectivity index (χ4v) is 3.48. The number of aromatic nitrogens is 3. The number of fused-ring (bicyclic) bond motifs is 1. The summed E-state index contributed by atoms with van der Waals surface area (Å²) in [6, 6.07) is 11.4. The van der Waals surface area contributed by atoms with E-state index in [9.17, 15) is 9.18 Å². The monoisotopic (exact) mass is 380 g/mol. The molecule has 2 aromatic carbocycles. The van der Waals surface area contributed by atoms with Crippen LogP contribution in [-0.4, -0.2) is 27.8 Å². The normalized spacial score (nSPS) is 13.5. The summed E-state index contributed by atoms with van der Waals surface area (Å²) in [5.74, 6) is 1.14. The quantitative estimate of drug-likeness (QED) is 0.741. The van der Waals surface area contributed by atoms with Crippen LogP contribution in [0.5, 0.6) is 5.75 Å². The molecule has 0 aliphatic carbocycles. The number of nitrogens with zero attached hydrogens (tertiary/aromatic N) is 3. The van der Waals surface area contributed by atoms with E-state index in [4.69, 9.17) is 4.74 Å². The Labute approximate surface area is 162 Å². The van der Waals surface area contributed by atoms with Gasteiger partial charge in [-0.15, -0.1) is 10.2 Å². The Balaban J connectivity index is 1.65. The van der Waals surface area contributed by atoms with E-state index in [1.54, 1.807) is 36.4 Å². The molecular weight excluding hydrogens is 359 g/mol. The van der Waals surface area contributed by atoms with E-state index in [0.29, 0.717) is 17.1 Å². The lowest BCUT2D eigenvalue weighted by atomic mass is 10.1. The molecular formula is C21H21FN4O2. The van der Waals surface area contributed by atoms with Gasteiger partial charge in [0.05, 0.1) is 18.4 Å². The van der Waals surface area contributed by atoms with E-state index in [-0.39, 0.29) is 5.69 Å². The van der Waals surface area contributed by atoms with Crippen LogP contribution in [-0.2, 0) is 13.0 Å². The molecule has 28 heavy (non-hydrogen) atoms. The van der Waals surface area contributed by atoms with Crippen molar-refractivity contribution >= 4 is 11.6 Å². The number of ether oxygens (including phenoxy) is 1. The lowest BCUT2D eigenvalue weighted by Crippen LogP contribution is -2.14. The van der Waals surface area contributed by atoms with Crippen molar-refractivity contribution in [2.75, 3.05) is 12.4 Å². The second-order valence-electron chi connectivity index (χ2n) is 6.75. The van der Waals surface area contributed by atoms with Crippen molar-refractivity contribution in [3.8, 4) is 17.1 Å². The molecule has 1 aromatic heterocycles. The highest BCUT2D eigenvalue weighted by Crippen LogP contribution is 2.27. The number of carbonyl (C=O) groups is 1. The molecule has 0 radical (unpaired) electrons. The maximum absolute atomic E-state index is 14.4. The molecule has 1 amide bonds. The maximum atomic E-state index is 14.4. The molecule has 7 heteroatoms. The Morgan fingerprint density at radius 3 is 2.86 bits per heavy atom. The minimum absolute atomic E-state index is 0.0966. The second kappa shape index (κ2) is 7.80. The molecule has 1 N–H and O–H groups in total. The van der Waals surface area contributed by atoms with Crippen molar-refractivity contribution < 1.29 is 13.9 Å². The number of nitrogens with one attached hydrogen (secondary N) is 1. The maximum Gasteiger partial charge on any atom is 0.259 e. The number of aryl methyl sites for hydroxylation is 1. The van der Waals surface area contributed by atoms with Gasteiger partial charge in [0.2, 0.25) is 0 Å². The summed E-state index contributed by atoms with van der Waals surface area (Å²) in [5.41, 5.74) is 1.16. The molecule has 0 spiro atoms. The van der Waals surface area contributed by atoms with Gasteiger partial charge in [-0.2, -0.15) is 0 Å². The summed E-state index contributed by atoms with van der Waals surface area (Å²) >= 11 is 0. The SMILES string of the molecule is COc1ccccc1C(=O)Nc1cc(-c2nnc3n2CCCCC3)ccc1F. The molecule has 0 saturated heterocycles. The van der Waals surface area contributed by atoms with E-state index >= 15 is 0 Å². The van der Waals surface area contributed by atoms with Crippen LogP contribution in [0.2, 0.25) is 0 Å². The van der Waals surface area contributed by atoms with Crippen LogP contribution in [0.25, 0.3) is 11.4 Å². The highest BCUT2D eigenvalue weighted by atomic mass is 19.1. The predicted octanol–water partition coefficient (Wildman–Crippen LogP) is 4.07. The molecule has 4 rings (SSSR count). The van der Waals surface area contributed by atoms with Crippen LogP contribution in [0.15, 0.2) is 42.5 Å². The van der Waals surface area contributed by atoms with Gasteiger partial charge in [0.1, 0.15) is 17.4 Å². The lowest BCUT2D eigenvalue weighted by Gasteiger charge is -2.12. The molecule has 1 aliphatic heterocycles. The first-order chi connectivity index (χ1) is 13.7. The van der Waals surface area contributed by atoms with Crippen molar-refractivity contribution in [1.82, 2.24) is 14.8 Å². The van der Waals surface area contributed by atoms with E-state index < -0.39 is 11.7 Å². The number of hydrogen-bond acceptors (Lipinski definition) is 4. The Kier molecular flexibility index (Phi) is 5.06. The average molecular weight is 380 g/mol. The number of para-hydroxylation sites is 1. The Morgan fingerprint density at radius 2 is 2.00 bits per heavy atom. The van der Waals surface area contributed by atoms with Crippen molar-refractivity contribution in [2.24, 2.45) is 0 Å². The highest BCUT2D eigenvalue weighted by molar-refractivity contribution is 6.06. The zero-order chi connectivity index (χ0) is 19.5. The van der Waals surface area contributed by atoms with Crippen molar-refractivity contribution in [3.05, 3.63) is 59.7 Å². The van der Waals surface area contributed by atoms with Gasteiger partial charge in [-0.25, -0.2) is 4.39 Å². The Hall–Kier alpha value is -3.22. The van der Waals surface area contributed by atoms with Gasteiger partial charge >= 0.3 is 0 Å². The summed E-state index contributed by atoms with van der Waals surface area (Å²) in [6.45, 7) is 0.845. The number of benzene rings is 2. The number of amides is 1. The third-order valence-electron chi connectivity index (χ3n) is 4.93. The molecule has 3 aromatic rings. The Bertz CT molecular complexity index is 1020. The van der Waals surface area contributed by atoms with Gasteiger partial charge in [-0.05, 0) is 43.2 Å². The minimum Gasteiger partial charge on any atom is -0.496 e. The summed E-state index contributed by atoms with van der Waals surface area (Å²) in [5, 5.41) is 11.2. The summed E-state index contributed by atoms with van der Waals surface area (Å²) in [6.07, 6.45) is 4.22. The number of carbonyl (C=O) groups excluding carboxylic acids is 1. The van der Waals surface area contributed by atoms with Crippen LogP contribution in [0.3, 0.4) is 0 Å². The zero-order valence-corrected chi connectivity index (χ0v) is 15.6. The molecule has 0 unspecified atom stereocenters. The third kappa shape index (κ3) is 3.47. The van der Waals surface area contributed by atoms with E-state index in [2.05, 4.69) is 20.1 Å². The summed E-state index contributed by atoms with van der Waals surface area (Å²) in [7, 11) is 1.49. The summed E-state index contributed by atoms with van der Waals surface area (Å²) < 4.78 is 21.7. The zero-order valence-electron chi connectivity index (χ0n) is 15.6.